The van der Waals surface area contributed by atoms with E-state index in [0.717, 1.165) is 5.56 Å². The molecule has 3 N–H and O–H groups in total. The van der Waals surface area contributed by atoms with Gasteiger partial charge in [-0.3, -0.25) is 4.79 Å². The zero-order valence-corrected chi connectivity index (χ0v) is 8.29. The molecule has 3 nitrogen and oxygen atoms in total. The third-order valence-corrected chi connectivity index (χ3v) is 2.12. The Morgan fingerprint density at radius 1 is 1.43 bits per heavy atom. The van der Waals surface area contributed by atoms with E-state index in [2.05, 4.69) is 0 Å². The van der Waals surface area contributed by atoms with Gasteiger partial charge >= 0.3 is 5.97 Å². The van der Waals surface area contributed by atoms with Crippen molar-refractivity contribution in [1.29, 1.82) is 0 Å². The third-order valence-electron chi connectivity index (χ3n) is 1.86. The van der Waals surface area contributed by atoms with Crippen molar-refractivity contribution >= 4 is 17.6 Å². The number of aliphatic carboxylic acids is 1. The number of halogens is 1. The summed E-state index contributed by atoms with van der Waals surface area (Å²) in [6, 6.07) is 6.98. The van der Waals surface area contributed by atoms with E-state index >= 15 is 0 Å². The molecule has 14 heavy (non-hydrogen) atoms. The van der Waals surface area contributed by atoms with E-state index < -0.39 is 5.97 Å². The molecule has 1 aromatic rings. The molecular weight excluding hydrogens is 202 g/mol. The van der Waals surface area contributed by atoms with E-state index in [4.69, 9.17) is 22.4 Å². The highest BCUT2D eigenvalue weighted by molar-refractivity contribution is 6.30. The van der Waals surface area contributed by atoms with Crippen LogP contribution in [0.2, 0.25) is 5.02 Å². The Morgan fingerprint density at radius 3 is 2.43 bits per heavy atom. The van der Waals surface area contributed by atoms with Crippen LogP contribution >= 0.6 is 11.6 Å². The van der Waals surface area contributed by atoms with E-state index in [1.54, 1.807) is 24.3 Å². The first-order chi connectivity index (χ1) is 6.63. The standard InChI is InChI=1S/C10H10ClNO2/c11-9-3-1-7(2-4-9)8(6-12)5-10(13)14/h1-4H,5-6,12H2/p+1. The van der Waals surface area contributed by atoms with Gasteiger partial charge in [-0.2, -0.15) is 0 Å². The van der Waals surface area contributed by atoms with Crippen LogP contribution in [0.15, 0.2) is 24.3 Å². The number of nitrogens with two attached hydrogens (primary N) is 1. The topological polar surface area (TPSA) is 63.3 Å². The summed E-state index contributed by atoms with van der Waals surface area (Å²) in [5, 5.41) is 9.25. The number of carboxylic acids is 1. The highest BCUT2D eigenvalue weighted by Crippen LogP contribution is 2.19. The molecule has 0 aliphatic rings. The van der Waals surface area contributed by atoms with E-state index in [-0.39, 0.29) is 13.0 Å². The molecule has 0 bridgehead atoms. The maximum Gasteiger partial charge on any atom is 0.320 e. The zero-order valence-electron chi connectivity index (χ0n) is 7.53. The van der Waals surface area contributed by atoms with Crippen molar-refractivity contribution in [3.63, 3.8) is 0 Å². The maximum atomic E-state index is 10.5. The predicted molar refractivity (Wildman–Crippen MR) is 55.1 cm³/mol. The lowest BCUT2D eigenvalue weighted by Crippen LogP contribution is -2.17. The predicted octanol–water partition coefficient (Wildman–Crippen LogP) is 1.70. The molecule has 0 saturated carbocycles. The summed E-state index contributed by atoms with van der Waals surface area (Å²) >= 11 is 5.71. The van der Waals surface area contributed by atoms with Gasteiger partial charge in [0.2, 0.25) is 0 Å². The molecular formula is C10H11ClNO2+. The molecule has 0 saturated heterocycles. The number of carbonyl (C=O) groups is 1. The minimum Gasteiger partial charge on any atom is -0.480 e. The lowest BCUT2D eigenvalue weighted by molar-refractivity contribution is -0.136. The number of benzene rings is 1. The zero-order chi connectivity index (χ0) is 10.6. The first-order valence-electron chi connectivity index (χ1n) is 4.16. The highest BCUT2D eigenvalue weighted by Gasteiger charge is 2.20. The van der Waals surface area contributed by atoms with Crippen molar-refractivity contribution in [2.24, 2.45) is 5.73 Å². The Morgan fingerprint density at radius 2 is 2.00 bits per heavy atom. The van der Waals surface area contributed by atoms with Crippen LogP contribution in [0.4, 0.5) is 0 Å². The number of hydrogen-bond acceptors (Lipinski definition) is 2. The molecule has 0 atom stereocenters. The Bertz CT molecular complexity index is 310. The van der Waals surface area contributed by atoms with Crippen molar-refractivity contribution < 1.29 is 9.90 Å². The van der Waals surface area contributed by atoms with Crippen molar-refractivity contribution in [3.05, 3.63) is 40.8 Å². The maximum absolute atomic E-state index is 10.5. The van der Waals surface area contributed by atoms with Crippen LogP contribution in [0.25, 0.3) is 0 Å². The van der Waals surface area contributed by atoms with Crippen LogP contribution in [0.3, 0.4) is 0 Å². The smallest absolute Gasteiger partial charge is 0.320 e. The largest absolute Gasteiger partial charge is 0.480 e. The lowest BCUT2D eigenvalue weighted by atomic mass is 9.96. The average molecular weight is 213 g/mol. The molecule has 4 heteroatoms. The Kier molecular flexibility index (Phi) is 3.80. The van der Waals surface area contributed by atoms with Gasteiger partial charge in [0.25, 0.3) is 0 Å². The van der Waals surface area contributed by atoms with Crippen molar-refractivity contribution in [1.82, 2.24) is 0 Å². The van der Waals surface area contributed by atoms with Crippen LogP contribution in [-0.2, 0) is 4.79 Å². The molecule has 0 aromatic heterocycles. The Labute approximate surface area is 87.5 Å². The normalized spacial score (nSPS) is 9.86. The molecule has 0 aliphatic carbocycles. The SMILES string of the molecule is NC[C+](CC(=O)O)c1ccc(Cl)cc1. The quantitative estimate of drug-likeness (QED) is 0.747. The Hall–Kier alpha value is -1.19. The van der Waals surface area contributed by atoms with Crippen LogP contribution in [0, 0.1) is 5.92 Å². The van der Waals surface area contributed by atoms with Gasteiger partial charge in [-0.15, -0.1) is 0 Å². The van der Waals surface area contributed by atoms with Gasteiger partial charge in [0.1, 0.15) is 12.0 Å². The minimum absolute atomic E-state index is 0.0296. The van der Waals surface area contributed by atoms with E-state index in [1.807, 2.05) is 0 Å². The summed E-state index contributed by atoms with van der Waals surface area (Å²) in [7, 11) is 0. The van der Waals surface area contributed by atoms with Gasteiger partial charge < -0.3 is 10.8 Å². The first-order valence-corrected chi connectivity index (χ1v) is 4.53. The summed E-state index contributed by atoms with van der Waals surface area (Å²) in [5.74, 6) is -0.172. The summed E-state index contributed by atoms with van der Waals surface area (Å²) in [5.41, 5.74) is 6.29. The van der Waals surface area contributed by atoms with Crippen LogP contribution < -0.4 is 5.73 Å². The van der Waals surface area contributed by atoms with Crippen LogP contribution in [-0.4, -0.2) is 17.6 Å². The third kappa shape index (κ3) is 2.94. The summed E-state index contributed by atoms with van der Waals surface area (Å²) in [6.07, 6.45) is -0.0296. The molecule has 0 spiro atoms. The van der Waals surface area contributed by atoms with Crippen molar-refractivity contribution in [2.75, 3.05) is 6.54 Å². The number of carboxylic acid groups (broad SMARTS) is 1. The van der Waals surface area contributed by atoms with Crippen molar-refractivity contribution in [2.45, 2.75) is 6.42 Å². The number of rotatable bonds is 4. The molecule has 0 fully saturated rings. The molecule has 0 amide bonds. The second-order valence-electron chi connectivity index (χ2n) is 2.89. The highest BCUT2D eigenvalue weighted by atomic mass is 35.5. The average Bonchev–Trinajstić information content (AvgIpc) is 2.15. The lowest BCUT2D eigenvalue weighted by Gasteiger charge is -2.04. The second-order valence-corrected chi connectivity index (χ2v) is 3.32. The molecule has 1 aromatic carbocycles. The molecule has 0 heterocycles. The van der Waals surface area contributed by atoms with Gasteiger partial charge in [0.05, 0.1) is 17.5 Å². The Balaban J connectivity index is 2.78. The molecule has 74 valence electrons. The second kappa shape index (κ2) is 4.88. The fourth-order valence-electron chi connectivity index (χ4n) is 1.16. The molecule has 1 rings (SSSR count). The van der Waals surface area contributed by atoms with Crippen molar-refractivity contribution in [3.8, 4) is 0 Å². The summed E-state index contributed by atoms with van der Waals surface area (Å²) in [4.78, 5) is 10.5. The molecule has 0 radical (unpaired) electrons. The summed E-state index contributed by atoms with van der Waals surface area (Å²) in [6.45, 7) is 0.244. The molecule has 0 aliphatic heterocycles. The van der Waals surface area contributed by atoms with E-state index in [0.29, 0.717) is 10.9 Å². The van der Waals surface area contributed by atoms with Gasteiger partial charge in [-0.05, 0) is 0 Å². The van der Waals surface area contributed by atoms with Gasteiger partial charge in [-0.25, -0.2) is 0 Å². The first kappa shape index (κ1) is 10.9. The van der Waals surface area contributed by atoms with Gasteiger partial charge in [0, 0.05) is 24.3 Å². The summed E-state index contributed by atoms with van der Waals surface area (Å²) < 4.78 is 0. The fourth-order valence-corrected chi connectivity index (χ4v) is 1.29. The van der Waals surface area contributed by atoms with Gasteiger partial charge in [0.15, 0.2) is 0 Å². The van der Waals surface area contributed by atoms with Gasteiger partial charge in [-0.1, -0.05) is 11.6 Å². The molecule has 0 unspecified atom stereocenters. The number of hydrogen-bond donors (Lipinski definition) is 2. The van der Waals surface area contributed by atoms with Crippen LogP contribution in [0.5, 0.6) is 0 Å². The van der Waals surface area contributed by atoms with Crippen LogP contribution in [0.1, 0.15) is 12.0 Å². The monoisotopic (exact) mass is 212 g/mol. The van der Waals surface area contributed by atoms with E-state index in [1.165, 1.54) is 0 Å². The van der Waals surface area contributed by atoms with E-state index in [9.17, 15) is 4.79 Å². The fraction of sp³-hybridized carbons (Fsp3) is 0.200. The minimum atomic E-state index is -0.875.